The van der Waals surface area contributed by atoms with Crippen molar-refractivity contribution in [1.82, 2.24) is 4.98 Å². The maximum atomic E-state index is 11.0. The fourth-order valence-electron chi connectivity index (χ4n) is 0.710. The molecule has 4 heteroatoms. The lowest BCUT2D eigenvalue weighted by atomic mass is 10.4. The molecule has 0 aliphatic rings. The molecule has 1 N–H and O–H groups in total. The van der Waals surface area contributed by atoms with Gasteiger partial charge in [-0.15, -0.1) is 0 Å². The van der Waals surface area contributed by atoms with Gasteiger partial charge in [-0.2, -0.15) is 0 Å². The van der Waals surface area contributed by atoms with Gasteiger partial charge in [0.25, 0.3) is 0 Å². The maximum Gasteiger partial charge on any atom is 0.356 e. The van der Waals surface area contributed by atoms with Crippen molar-refractivity contribution in [3.63, 3.8) is 0 Å². The number of rotatable bonds is 2. The third-order valence-corrected chi connectivity index (χ3v) is 1.49. The summed E-state index contributed by atoms with van der Waals surface area (Å²) >= 11 is 5.64. The Morgan fingerprint density at radius 3 is 3.00 bits per heavy atom. The van der Waals surface area contributed by atoms with Crippen molar-refractivity contribution in [1.29, 1.82) is 0 Å². The van der Waals surface area contributed by atoms with Gasteiger partial charge in [-0.25, -0.2) is 4.79 Å². The highest BCUT2D eigenvalue weighted by Crippen LogP contribution is 2.13. The number of hydrogen-bond acceptors (Lipinski definition) is 2. The molecule has 60 valence electrons. The molecule has 0 saturated carbocycles. The Labute approximate surface area is 69.3 Å². The summed E-state index contributed by atoms with van der Waals surface area (Å²) in [5.41, 5.74) is 0.313. The zero-order valence-corrected chi connectivity index (χ0v) is 6.81. The second-order valence-corrected chi connectivity index (χ2v) is 2.33. The summed E-state index contributed by atoms with van der Waals surface area (Å²) in [6, 6.07) is 1.60. The lowest BCUT2D eigenvalue weighted by Gasteiger charge is -1.98. The predicted octanol–water partition coefficient (Wildman–Crippen LogP) is 1.84. The molecule has 0 aromatic carbocycles. The normalized spacial score (nSPS) is 9.64. The van der Waals surface area contributed by atoms with E-state index in [4.69, 9.17) is 16.3 Å². The van der Waals surface area contributed by atoms with Gasteiger partial charge >= 0.3 is 5.97 Å². The first-order valence-corrected chi connectivity index (χ1v) is 3.63. The first-order chi connectivity index (χ1) is 5.25. The maximum absolute atomic E-state index is 11.0. The van der Waals surface area contributed by atoms with Gasteiger partial charge in [0.2, 0.25) is 0 Å². The van der Waals surface area contributed by atoms with Crippen LogP contribution in [0.2, 0.25) is 5.02 Å². The molecular weight excluding hydrogens is 166 g/mol. The number of carbonyl (C=O) groups is 1. The molecule has 1 aromatic rings. The first-order valence-electron chi connectivity index (χ1n) is 3.25. The Bertz CT molecular complexity index is 257. The lowest BCUT2D eigenvalue weighted by Crippen LogP contribution is -2.05. The number of hydrogen-bond donors (Lipinski definition) is 1. The number of esters is 1. The van der Waals surface area contributed by atoms with Crippen LogP contribution in [0.4, 0.5) is 0 Å². The van der Waals surface area contributed by atoms with E-state index in [1.54, 1.807) is 19.2 Å². The minimum Gasteiger partial charge on any atom is -0.461 e. The predicted molar refractivity (Wildman–Crippen MR) is 41.8 cm³/mol. The van der Waals surface area contributed by atoms with Gasteiger partial charge < -0.3 is 9.72 Å². The monoisotopic (exact) mass is 173 g/mol. The van der Waals surface area contributed by atoms with Crippen LogP contribution in [-0.4, -0.2) is 17.6 Å². The van der Waals surface area contributed by atoms with Crippen molar-refractivity contribution in [3.05, 3.63) is 23.0 Å². The highest BCUT2D eigenvalue weighted by molar-refractivity contribution is 6.33. The Kier molecular flexibility index (Phi) is 2.54. The van der Waals surface area contributed by atoms with Crippen LogP contribution in [0.25, 0.3) is 0 Å². The van der Waals surface area contributed by atoms with E-state index in [0.717, 1.165) is 0 Å². The molecule has 0 aliphatic heterocycles. The van der Waals surface area contributed by atoms with Crippen molar-refractivity contribution in [2.75, 3.05) is 6.61 Å². The number of H-pyrrole nitrogens is 1. The lowest BCUT2D eigenvalue weighted by molar-refractivity contribution is 0.0520. The molecule has 3 nitrogen and oxygen atoms in total. The average molecular weight is 174 g/mol. The standard InChI is InChI=1S/C7H8ClNO2/c1-2-11-7(10)6-5(8)3-4-9-6/h3-4,9H,2H2,1H3. The first kappa shape index (κ1) is 8.14. The van der Waals surface area contributed by atoms with Crippen molar-refractivity contribution >= 4 is 17.6 Å². The largest absolute Gasteiger partial charge is 0.461 e. The van der Waals surface area contributed by atoms with E-state index in [2.05, 4.69) is 4.98 Å². The molecule has 0 atom stereocenters. The molecule has 0 fully saturated rings. The van der Waals surface area contributed by atoms with Gasteiger partial charge in [-0.05, 0) is 13.0 Å². The Morgan fingerprint density at radius 2 is 2.55 bits per heavy atom. The summed E-state index contributed by atoms with van der Waals surface area (Å²) in [5.74, 6) is -0.414. The zero-order chi connectivity index (χ0) is 8.27. The number of halogens is 1. The number of carbonyl (C=O) groups excluding carboxylic acids is 1. The highest BCUT2D eigenvalue weighted by atomic mass is 35.5. The van der Waals surface area contributed by atoms with Crippen molar-refractivity contribution in [2.45, 2.75) is 6.92 Å². The minimum absolute atomic E-state index is 0.313. The summed E-state index contributed by atoms with van der Waals surface area (Å²) < 4.78 is 4.71. The van der Waals surface area contributed by atoms with E-state index in [-0.39, 0.29) is 0 Å². The fraction of sp³-hybridized carbons (Fsp3) is 0.286. The smallest absolute Gasteiger partial charge is 0.356 e. The quantitative estimate of drug-likeness (QED) is 0.694. The fourth-order valence-corrected chi connectivity index (χ4v) is 0.905. The Hall–Kier alpha value is -0.960. The van der Waals surface area contributed by atoms with Crippen LogP contribution in [0.1, 0.15) is 17.4 Å². The molecule has 11 heavy (non-hydrogen) atoms. The topological polar surface area (TPSA) is 42.1 Å². The molecule has 0 spiro atoms. The molecule has 0 saturated heterocycles. The summed E-state index contributed by atoms with van der Waals surface area (Å²) in [7, 11) is 0. The second-order valence-electron chi connectivity index (χ2n) is 1.92. The SMILES string of the molecule is CCOC(=O)c1[nH]ccc1Cl. The van der Waals surface area contributed by atoms with E-state index < -0.39 is 5.97 Å². The Balaban J connectivity index is 2.76. The van der Waals surface area contributed by atoms with Gasteiger partial charge in [-0.3, -0.25) is 0 Å². The van der Waals surface area contributed by atoms with Crippen LogP contribution in [0.3, 0.4) is 0 Å². The highest BCUT2D eigenvalue weighted by Gasteiger charge is 2.10. The molecule has 0 radical (unpaired) electrons. The third-order valence-electron chi connectivity index (χ3n) is 1.18. The van der Waals surface area contributed by atoms with E-state index >= 15 is 0 Å². The summed E-state index contributed by atoms with van der Waals surface area (Å²) in [5, 5.41) is 0.392. The van der Waals surface area contributed by atoms with Gasteiger partial charge in [-0.1, -0.05) is 11.6 Å². The molecule has 0 aliphatic carbocycles. The van der Waals surface area contributed by atoms with Gasteiger partial charge in [0, 0.05) is 6.20 Å². The van der Waals surface area contributed by atoms with E-state index in [1.807, 2.05) is 0 Å². The molecule has 1 aromatic heterocycles. The van der Waals surface area contributed by atoms with E-state index in [0.29, 0.717) is 17.3 Å². The molecule has 0 unspecified atom stereocenters. The van der Waals surface area contributed by atoms with E-state index in [1.165, 1.54) is 0 Å². The van der Waals surface area contributed by atoms with Crippen LogP contribution in [-0.2, 0) is 4.74 Å². The van der Waals surface area contributed by atoms with E-state index in [9.17, 15) is 4.79 Å². The molecule has 1 rings (SSSR count). The van der Waals surface area contributed by atoms with Crippen molar-refractivity contribution in [3.8, 4) is 0 Å². The average Bonchev–Trinajstić information content (AvgIpc) is 2.36. The van der Waals surface area contributed by atoms with Crippen molar-refractivity contribution in [2.24, 2.45) is 0 Å². The number of ether oxygens (including phenoxy) is 1. The van der Waals surface area contributed by atoms with Gasteiger partial charge in [0.05, 0.1) is 11.6 Å². The van der Waals surface area contributed by atoms with Crippen LogP contribution in [0, 0.1) is 0 Å². The van der Waals surface area contributed by atoms with Gasteiger partial charge in [0.1, 0.15) is 5.69 Å². The molecule has 1 heterocycles. The Morgan fingerprint density at radius 1 is 1.82 bits per heavy atom. The molecule has 0 bridgehead atoms. The molecular formula is C7H8ClNO2. The summed E-state index contributed by atoms with van der Waals surface area (Å²) in [6.07, 6.45) is 1.59. The summed E-state index contributed by atoms with van der Waals surface area (Å²) in [6.45, 7) is 2.10. The molecule has 0 amide bonds. The zero-order valence-electron chi connectivity index (χ0n) is 6.06. The number of nitrogens with one attached hydrogen (secondary N) is 1. The number of aromatic amines is 1. The van der Waals surface area contributed by atoms with Crippen LogP contribution in [0.5, 0.6) is 0 Å². The summed E-state index contributed by atoms with van der Waals surface area (Å²) in [4.78, 5) is 13.7. The second kappa shape index (κ2) is 3.44. The van der Waals surface area contributed by atoms with Crippen LogP contribution < -0.4 is 0 Å². The van der Waals surface area contributed by atoms with Gasteiger partial charge in [0.15, 0.2) is 0 Å². The van der Waals surface area contributed by atoms with Crippen LogP contribution in [0.15, 0.2) is 12.3 Å². The van der Waals surface area contributed by atoms with Crippen molar-refractivity contribution < 1.29 is 9.53 Å². The third kappa shape index (κ3) is 1.74. The minimum atomic E-state index is -0.414. The number of aromatic nitrogens is 1. The van der Waals surface area contributed by atoms with Crippen LogP contribution >= 0.6 is 11.6 Å².